The molecule has 0 aliphatic carbocycles. The molecule has 2 rings (SSSR count). The molecule has 0 radical (unpaired) electrons. The number of amides is 1. The number of phenols is 2. The third-order valence-electron chi connectivity index (χ3n) is 3.60. The van der Waals surface area contributed by atoms with Crippen LogP contribution < -0.4 is 0 Å². The third kappa shape index (κ3) is 2.28. The molecule has 0 saturated carbocycles. The second-order valence-corrected chi connectivity index (χ2v) is 4.73. The fourth-order valence-electron chi connectivity index (χ4n) is 2.55. The van der Waals surface area contributed by atoms with Crippen LogP contribution in [0.4, 0.5) is 0 Å². The Hall–Kier alpha value is -1.71. The van der Waals surface area contributed by atoms with Gasteiger partial charge in [0.05, 0.1) is 5.56 Å². The summed E-state index contributed by atoms with van der Waals surface area (Å²) in [5, 5.41) is 19.2. The molecule has 0 spiro atoms. The number of piperidine rings is 1. The summed E-state index contributed by atoms with van der Waals surface area (Å²) in [4.78, 5) is 14.2. The zero-order valence-corrected chi connectivity index (χ0v) is 10.6. The maximum atomic E-state index is 12.4. The van der Waals surface area contributed by atoms with Gasteiger partial charge in [0, 0.05) is 12.6 Å². The van der Waals surface area contributed by atoms with Crippen molar-refractivity contribution in [2.45, 2.75) is 38.6 Å². The SMILES string of the molecule is CCC1CCCCN1C(=O)c1cccc(O)c1O. The summed E-state index contributed by atoms with van der Waals surface area (Å²) in [6, 6.07) is 4.75. The first-order chi connectivity index (χ1) is 8.65. The summed E-state index contributed by atoms with van der Waals surface area (Å²) >= 11 is 0. The van der Waals surface area contributed by atoms with Gasteiger partial charge in [0.1, 0.15) is 0 Å². The van der Waals surface area contributed by atoms with Gasteiger partial charge in [-0.1, -0.05) is 13.0 Å². The van der Waals surface area contributed by atoms with Crippen LogP contribution in [0.25, 0.3) is 0 Å². The highest BCUT2D eigenvalue weighted by atomic mass is 16.3. The van der Waals surface area contributed by atoms with Crippen LogP contribution in [0.15, 0.2) is 18.2 Å². The molecular weight excluding hydrogens is 230 g/mol. The fourth-order valence-corrected chi connectivity index (χ4v) is 2.55. The van der Waals surface area contributed by atoms with E-state index in [1.54, 1.807) is 12.1 Å². The maximum absolute atomic E-state index is 12.4. The molecule has 1 aromatic rings. The van der Waals surface area contributed by atoms with Crippen molar-refractivity contribution in [2.24, 2.45) is 0 Å². The van der Waals surface area contributed by atoms with Crippen molar-refractivity contribution in [2.75, 3.05) is 6.54 Å². The molecule has 1 heterocycles. The monoisotopic (exact) mass is 249 g/mol. The first kappa shape index (κ1) is 12.7. The van der Waals surface area contributed by atoms with E-state index in [0.29, 0.717) is 0 Å². The Bertz CT molecular complexity index is 445. The number of hydrogen-bond acceptors (Lipinski definition) is 3. The van der Waals surface area contributed by atoms with Crippen molar-refractivity contribution < 1.29 is 15.0 Å². The summed E-state index contributed by atoms with van der Waals surface area (Å²) in [7, 11) is 0. The van der Waals surface area contributed by atoms with Crippen molar-refractivity contribution in [1.82, 2.24) is 4.90 Å². The quantitative estimate of drug-likeness (QED) is 0.792. The lowest BCUT2D eigenvalue weighted by atomic mass is 9.98. The van der Waals surface area contributed by atoms with Crippen molar-refractivity contribution in [3.05, 3.63) is 23.8 Å². The predicted molar refractivity (Wildman–Crippen MR) is 68.7 cm³/mol. The maximum Gasteiger partial charge on any atom is 0.258 e. The van der Waals surface area contributed by atoms with E-state index in [9.17, 15) is 15.0 Å². The Morgan fingerprint density at radius 2 is 2.17 bits per heavy atom. The minimum atomic E-state index is -0.317. The van der Waals surface area contributed by atoms with Gasteiger partial charge < -0.3 is 15.1 Å². The highest BCUT2D eigenvalue weighted by Gasteiger charge is 2.28. The van der Waals surface area contributed by atoms with E-state index in [-0.39, 0.29) is 29.0 Å². The number of benzene rings is 1. The molecule has 1 saturated heterocycles. The average Bonchev–Trinajstić information content (AvgIpc) is 2.41. The number of phenolic OH excluding ortho intramolecular Hbond substituents is 2. The van der Waals surface area contributed by atoms with Crippen LogP contribution in [-0.4, -0.2) is 33.6 Å². The molecule has 1 aliphatic heterocycles. The predicted octanol–water partition coefficient (Wildman–Crippen LogP) is 2.50. The fraction of sp³-hybridized carbons (Fsp3) is 0.500. The summed E-state index contributed by atoms with van der Waals surface area (Å²) in [6.45, 7) is 2.80. The summed E-state index contributed by atoms with van der Waals surface area (Å²) in [5.74, 6) is -0.746. The minimum absolute atomic E-state index is 0.185. The molecule has 98 valence electrons. The van der Waals surface area contributed by atoms with E-state index in [4.69, 9.17) is 0 Å². The Morgan fingerprint density at radius 3 is 2.89 bits per heavy atom. The average molecular weight is 249 g/mol. The molecule has 1 atom stereocenters. The number of nitrogens with zero attached hydrogens (tertiary/aromatic N) is 1. The largest absolute Gasteiger partial charge is 0.504 e. The van der Waals surface area contributed by atoms with Crippen molar-refractivity contribution in [3.63, 3.8) is 0 Å². The molecule has 4 nitrogen and oxygen atoms in total. The summed E-state index contributed by atoms with van der Waals surface area (Å²) < 4.78 is 0. The number of carbonyl (C=O) groups is 1. The summed E-state index contributed by atoms with van der Waals surface area (Å²) in [5.41, 5.74) is 0.190. The lowest BCUT2D eigenvalue weighted by molar-refractivity contribution is 0.0604. The molecule has 1 aromatic carbocycles. The molecule has 0 bridgehead atoms. The number of rotatable bonds is 2. The van der Waals surface area contributed by atoms with Gasteiger partial charge in [0.2, 0.25) is 0 Å². The third-order valence-corrected chi connectivity index (χ3v) is 3.60. The van der Waals surface area contributed by atoms with Gasteiger partial charge in [-0.15, -0.1) is 0 Å². The number of para-hydroxylation sites is 1. The minimum Gasteiger partial charge on any atom is -0.504 e. The highest BCUT2D eigenvalue weighted by Crippen LogP contribution is 2.31. The van der Waals surface area contributed by atoms with E-state index in [1.807, 2.05) is 4.90 Å². The molecule has 2 N–H and O–H groups in total. The second-order valence-electron chi connectivity index (χ2n) is 4.73. The van der Waals surface area contributed by atoms with Gasteiger partial charge in [0.25, 0.3) is 5.91 Å². The molecule has 0 aromatic heterocycles. The standard InChI is InChI=1S/C14H19NO3/c1-2-10-6-3-4-9-15(10)14(18)11-7-5-8-12(16)13(11)17/h5,7-8,10,16-17H,2-4,6,9H2,1H3. The van der Waals surface area contributed by atoms with Crippen LogP contribution >= 0.6 is 0 Å². The van der Waals surface area contributed by atoms with Crippen LogP contribution in [0.1, 0.15) is 43.0 Å². The van der Waals surface area contributed by atoms with Crippen molar-refractivity contribution >= 4 is 5.91 Å². The van der Waals surface area contributed by atoms with E-state index in [2.05, 4.69) is 6.92 Å². The highest BCUT2D eigenvalue weighted by molar-refractivity contribution is 5.97. The number of hydrogen-bond donors (Lipinski definition) is 2. The van der Waals surface area contributed by atoms with Crippen LogP contribution in [0, 0.1) is 0 Å². The Morgan fingerprint density at radius 1 is 1.39 bits per heavy atom. The van der Waals surface area contributed by atoms with E-state index >= 15 is 0 Å². The zero-order valence-electron chi connectivity index (χ0n) is 10.6. The first-order valence-electron chi connectivity index (χ1n) is 6.47. The summed E-state index contributed by atoms with van der Waals surface area (Å²) in [6.07, 6.45) is 4.09. The second kappa shape index (κ2) is 5.29. The van der Waals surface area contributed by atoms with Crippen LogP contribution in [0.3, 0.4) is 0 Å². The Labute approximate surface area is 107 Å². The molecule has 1 unspecified atom stereocenters. The lowest BCUT2D eigenvalue weighted by Crippen LogP contribution is -2.43. The number of likely N-dealkylation sites (tertiary alicyclic amines) is 1. The number of carbonyl (C=O) groups excluding carboxylic acids is 1. The van der Waals surface area contributed by atoms with Gasteiger partial charge in [-0.25, -0.2) is 0 Å². The van der Waals surface area contributed by atoms with Crippen LogP contribution in [0.5, 0.6) is 11.5 Å². The smallest absolute Gasteiger partial charge is 0.258 e. The van der Waals surface area contributed by atoms with Gasteiger partial charge in [0.15, 0.2) is 11.5 Å². The van der Waals surface area contributed by atoms with E-state index in [0.717, 1.165) is 32.2 Å². The molecule has 18 heavy (non-hydrogen) atoms. The Balaban J connectivity index is 2.27. The van der Waals surface area contributed by atoms with Gasteiger partial charge in [-0.3, -0.25) is 4.79 Å². The van der Waals surface area contributed by atoms with Gasteiger partial charge >= 0.3 is 0 Å². The molecule has 1 fully saturated rings. The first-order valence-corrected chi connectivity index (χ1v) is 6.47. The molecule has 1 aliphatic rings. The topological polar surface area (TPSA) is 60.8 Å². The molecular formula is C14H19NO3. The van der Waals surface area contributed by atoms with Crippen LogP contribution in [-0.2, 0) is 0 Å². The van der Waals surface area contributed by atoms with Crippen molar-refractivity contribution in [1.29, 1.82) is 0 Å². The van der Waals surface area contributed by atoms with Gasteiger partial charge in [-0.2, -0.15) is 0 Å². The lowest BCUT2D eigenvalue weighted by Gasteiger charge is -2.35. The van der Waals surface area contributed by atoms with E-state index in [1.165, 1.54) is 6.07 Å². The van der Waals surface area contributed by atoms with Crippen molar-refractivity contribution in [3.8, 4) is 11.5 Å². The molecule has 4 heteroatoms. The van der Waals surface area contributed by atoms with Crippen LogP contribution in [0.2, 0.25) is 0 Å². The number of aromatic hydroxyl groups is 2. The molecule has 1 amide bonds. The van der Waals surface area contributed by atoms with E-state index < -0.39 is 0 Å². The zero-order chi connectivity index (χ0) is 13.1. The van der Waals surface area contributed by atoms with Gasteiger partial charge in [-0.05, 0) is 37.8 Å². The Kier molecular flexibility index (Phi) is 3.75. The normalized spacial score (nSPS) is 19.8.